The summed E-state index contributed by atoms with van der Waals surface area (Å²) in [6.07, 6.45) is 3.55. The molecule has 0 radical (unpaired) electrons. The molecule has 0 aliphatic rings. The van der Waals surface area contributed by atoms with E-state index in [2.05, 4.69) is 36.0 Å². The fourth-order valence-corrected chi connectivity index (χ4v) is 2.78. The largest absolute Gasteiger partial charge is 0.262 e. The average molecular weight is 296 g/mol. The highest BCUT2D eigenvalue weighted by Gasteiger charge is 2.18. The van der Waals surface area contributed by atoms with Gasteiger partial charge in [-0.25, -0.2) is 9.67 Å². The van der Waals surface area contributed by atoms with Crippen LogP contribution < -0.4 is 0 Å². The van der Waals surface area contributed by atoms with Crippen LogP contribution in [-0.4, -0.2) is 24.5 Å². The number of hydrogen-bond acceptors (Lipinski definition) is 3. The lowest BCUT2D eigenvalue weighted by molar-refractivity contribution is 0.533. The fourth-order valence-electron chi connectivity index (χ4n) is 2.47. The molecule has 0 spiro atoms. The Labute approximate surface area is 125 Å². The van der Waals surface area contributed by atoms with Gasteiger partial charge in [0.25, 0.3) is 0 Å². The second kappa shape index (κ2) is 6.39. The summed E-state index contributed by atoms with van der Waals surface area (Å²) < 4.78 is 3.92. The van der Waals surface area contributed by atoms with E-state index >= 15 is 0 Å². The van der Waals surface area contributed by atoms with Crippen molar-refractivity contribution in [1.29, 1.82) is 0 Å². The molecule has 6 heteroatoms. The van der Waals surface area contributed by atoms with Crippen LogP contribution in [0.3, 0.4) is 0 Å². The van der Waals surface area contributed by atoms with E-state index in [0.29, 0.717) is 6.54 Å². The van der Waals surface area contributed by atoms with Crippen molar-refractivity contribution in [2.75, 3.05) is 0 Å². The van der Waals surface area contributed by atoms with E-state index in [9.17, 15) is 0 Å². The van der Waals surface area contributed by atoms with Crippen molar-refractivity contribution < 1.29 is 0 Å². The van der Waals surface area contributed by atoms with Gasteiger partial charge in [0.2, 0.25) is 0 Å². The Balaban J connectivity index is 2.28. The highest BCUT2D eigenvalue weighted by atomic mass is 35.5. The lowest BCUT2D eigenvalue weighted by Crippen LogP contribution is -2.12. The summed E-state index contributed by atoms with van der Waals surface area (Å²) in [6.45, 7) is 9.83. The summed E-state index contributed by atoms with van der Waals surface area (Å²) in [5, 5.41) is 8.88. The smallest absolute Gasteiger partial charge is 0.148 e. The van der Waals surface area contributed by atoms with Gasteiger partial charge in [0.15, 0.2) is 0 Å². The normalized spacial score (nSPS) is 12.8. The Morgan fingerprint density at radius 1 is 1.25 bits per heavy atom. The third-order valence-corrected chi connectivity index (χ3v) is 4.06. The fraction of sp³-hybridized carbons (Fsp3) is 0.643. The third-order valence-electron chi connectivity index (χ3n) is 3.53. The quantitative estimate of drug-likeness (QED) is 0.769. The van der Waals surface area contributed by atoms with Crippen LogP contribution in [0.4, 0.5) is 0 Å². The third kappa shape index (κ3) is 2.87. The van der Waals surface area contributed by atoms with Crippen LogP contribution in [0.25, 0.3) is 0 Å². The first kappa shape index (κ1) is 15.0. The Bertz CT molecular complexity index is 572. The van der Waals surface area contributed by atoms with Crippen molar-refractivity contribution in [2.45, 2.75) is 59.0 Å². The Morgan fingerprint density at radius 3 is 2.65 bits per heavy atom. The molecule has 0 bridgehead atoms. The van der Waals surface area contributed by atoms with Crippen LogP contribution in [0.1, 0.15) is 54.8 Å². The van der Waals surface area contributed by atoms with E-state index < -0.39 is 0 Å². The van der Waals surface area contributed by atoms with Gasteiger partial charge < -0.3 is 0 Å². The van der Waals surface area contributed by atoms with Gasteiger partial charge in [0.1, 0.15) is 18.7 Å². The van der Waals surface area contributed by atoms with E-state index in [0.717, 1.165) is 42.2 Å². The zero-order chi connectivity index (χ0) is 14.7. The maximum absolute atomic E-state index is 6.39. The zero-order valence-corrected chi connectivity index (χ0v) is 13.4. The first-order chi connectivity index (χ1) is 9.58. The van der Waals surface area contributed by atoms with Crippen molar-refractivity contribution in [2.24, 2.45) is 0 Å². The van der Waals surface area contributed by atoms with Gasteiger partial charge in [-0.05, 0) is 26.7 Å². The molecule has 1 atom stereocenters. The van der Waals surface area contributed by atoms with Gasteiger partial charge in [-0.1, -0.05) is 13.8 Å². The standard InChI is InChI=1S/C14H22ClN5/c1-5-7-19-13(16-9-17-19)8-20-11(4)14(10(3)18-20)12(15)6-2/h9,12H,5-8H2,1-4H3. The molecule has 0 aliphatic carbocycles. The minimum atomic E-state index is 0.0252. The number of rotatable bonds is 6. The molecule has 2 rings (SSSR count). The van der Waals surface area contributed by atoms with Gasteiger partial charge in [0, 0.05) is 17.8 Å². The minimum Gasteiger partial charge on any atom is -0.262 e. The van der Waals surface area contributed by atoms with Crippen LogP contribution >= 0.6 is 11.6 Å². The van der Waals surface area contributed by atoms with Crippen molar-refractivity contribution in [1.82, 2.24) is 24.5 Å². The van der Waals surface area contributed by atoms with Crippen LogP contribution in [0.2, 0.25) is 0 Å². The first-order valence-electron chi connectivity index (χ1n) is 7.13. The zero-order valence-electron chi connectivity index (χ0n) is 12.6. The molecule has 0 N–H and O–H groups in total. The van der Waals surface area contributed by atoms with Gasteiger partial charge in [-0.15, -0.1) is 11.6 Å². The van der Waals surface area contributed by atoms with Gasteiger partial charge in [-0.3, -0.25) is 4.68 Å². The molecule has 5 nitrogen and oxygen atoms in total. The van der Waals surface area contributed by atoms with Crippen LogP contribution in [0, 0.1) is 13.8 Å². The second-order valence-corrected chi connectivity index (χ2v) is 5.54. The van der Waals surface area contributed by atoms with Crippen LogP contribution in [-0.2, 0) is 13.1 Å². The molecule has 0 saturated heterocycles. The number of alkyl halides is 1. The summed E-state index contributed by atoms with van der Waals surface area (Å²) >= 11 is 6.39. The lowest BCUT2D eigenvalue weighted by atomic mass is 10.1. The number of hydrogen-bond donors (Lipinski definition) is 0. The molecule has 0 aliphatic heterocycles. The summed E-state index contributed by atoms with van der Waals surface area (Å²) in [6, 6.07) is 0. The SMILES string of the molecule is CCCn1ncnc1Cn1nc(C)c(C(Cl)CC)c1C. The number of halogens is 1. The second-order valence-electron chi connectivity index (χ2n) is 5.02. The topological polar surface area (TPSA) is 48.5 Å². The van der Waals surface area contributed by atoms with E-state index in [1.165, 1.54) is 0 Å². The van der Waals surface area contributed by atoms with Gasteiger partial charge >= 0.3 is 0 Å². The van der Waals surface area contributed by atoms with Crippen LogP contribution in [0.5, 0.6) is 0 Å². The summed E-state index contributed by atoms with van der Waals surface area (Å²) in [7, 11) is 0. The number of aromatic nitrogens is 5. The lowest BCUT2D eigenvalue weighted by Gasteiger charge is -2.09. The molecule has 0 saturated carbocycles. The van der Waals surface area contributed by atoms with E-state index in [-0.39, 0.29) is 5.38 Å². The summed E-state index contributed by atoms with van der Waals surface area (Å²) in [5.41, 5.74) is 3.28. The van der Waals surface area contributed by atoms with Crippen molar-refractivity contribution in [3.8, 4) is 0 Å². The van der Waals surface area contributed by atoms with Gasteiger partial charge in [-0.2, -0.15) is 10.2 Å². The minimum absolute atomic E-state index is 0.0252. The molecular formula is C14H22ClN5. The van der Waals surface area contributed by atoms with Crippen molar-refractivity contribution in [3.63, 3.8) is 0 Å². The Hall–Kier alpha value is -1.36. The predicted molar refractivity (Wildman–Crippen MR) is 80.0 cm³/mol. The molecule has 1 unspecified atom stereocenters. The molecule has 2 aromatic heterocycles. The molecule has 0 amide bonds. The van der Waals surface area contributed by atoms with Crippen LogP contribution in [0.15, 0.2) is 6.33 Å². The predicted octanol–water partition coefficient (Wildman–Crippen LogP) is 3.24. The highest BCUT2D eigenvalue weighted by molar-refractivity contribution is 6.20. The number of aryl methyl sites for hydroxylation is 2. The average Bonchev–Trinajstić information content (AvgIpc) is 2.96. The Morgan fingerprint density at radius 2 is 2.00 bits per heavy atom. The highest BCUT2D eigenvalue weighted by Crippen LogP contribution is 2.29. The Kier molecular flexibility index (Phi) is 4.81. The molecular weight excluding hydrogens is 274 g/mol. The molecule has 20 heavy (non-hydrogen) atoms. The van der Waals surface area contributed by atoms with Crippen molar-refractivity contribution in [3.05, 3.63) is 29.1 Å². The number of nitrogens with zero attached hydrogens (tertiary/aromatic N) is 5. The maximum atomic E-state index is 6.39. The summed E-state index contributed by atoms with van der Waals surface area (Å²) in [4.78, 5) is 4.33. The van der Waals surface area contributed by atoms with Gasteiger partial charge in [0.05, 0.1) is 11.1 Å². The first-order valence-corrected chi connectivity index (χ1v) is 7.56. The molecule has 2 aromatic rings. The van der Waals surface area contributed by atoms with E-state index in [1.54, 1.807) is 6.33 Å². The molecule has 0 aromatic carbocycles. The molecule has 0 fully saturated rings. The van der Waals surface area contributed by atoms with E-state index in [1.807, 2.05) is 16.3 Å². The monoisotopic (exact) mass is 295 g/mol. The maximum Gasteiger partial charge on any atom is 0.148 e. The molecule has 2 heterocycles. The van der Waals surface area contributed by atoms with E-state index in [4.69, 9.17) is 11.6 Å². The summed E-state index contributed by atoms with van der Waals surface area (Å²) in [5.74, 6) is 0.937. The van der Waals surface area contributed by atoms with Crippen molar-refractivity contribution >= 4 is 11.6 Å². The molecule has 110 valence electrons.